The molecule has 1 N–H and O–H groups in total. The highest BCUT2D eigenvalue weighted by atomic mass is 35.5. The largest absolute Gasteiger partial charge is 0.487 e. The molecule has 7 heteroatoms. The maximum Gasteiger partial charge on any atom is 0.131 e. The van der Waals surface area contributed by atoms with Crippen molar-refractivity contribution in [3.63, 3.8) is 0 Å². The van der Waals surface area contributed by atoms with Gasteiger partial charge < -0.3 is 24.2 Å². The smallest absolute Gasteiger partial charge is 0.131 e. The van der Waals surface area contributed by atoms with E-state index in [2.05, 4.69) is 22.0 Å². The summed E-state index contributed by atoms with van der Waals surface area (Å²) in [6, 6.07) is 17.9. The molecule has 0 aliphatic carbocycles. The van der Waals surface area contributed by atoms with Gasteiger partial charge in [0.15, 0.2) is 0 Å². The van der Waals surface area contributed by atoms with E-state index in [1.54, 1.807) is 34.3 Å². The fraction of sp³-hybridized carbons (Fsp3) is 0.406. The molecular formula is C32H37ClN2O4. The summed E-state index contributed by atoms with van der Waals surface area (Å²) in [5, 5.41) is 11.4. The van der Waals surface area contributed by atoms with E-state index in [-0.39, 0.29) is 6.10 Å². The molecule has 3 heterocycles. The van der Waals surface area contributed by atoms with Crippen LogP contribution in [0.1, 0.15) is 54.6 Å². The predicted molar refractivity (Wildman–Crippen MR) is 154 cm³/mol. The van der Waals surface area contributed by atoms with Gasteiger partial charge in [0.2, 0.25) is 0 Å². The van der Waals surface area contributed by atoms with Crippen molar-refractivity contribution < 1.29 is 19.3 Å². The van der Waals surface area contributed by atoms with Crippen LogP contribution in [0, 0.1) is 0 Å². The first kappa shape index (κ1) is 27.8. The maximum absolute atomic E-state index is 10.7. The van der Waals surface area contributed by atoms with Crippen molar-refractivity contribution in [3.05, 3.63) is 99.8 Å². The van der Waals surface area contributed by atoms with E-state index in [0.29, 0.717) is 11.6 Å². The Hall–Kier alpha value is -2.74. The maximum atomic E-state index is 10.7. The number of aromatic nitrogens is 1. The average Bonchev–Trinajstić information content (AvgIpc) is 3.09. The van der Waals surface area contributed by atoms with Gasteiger partial charge in [-0.05, 0) is 73.7 Å². The van der Waals surface area contributed by atoms with Gasteiger partial charge in [-0.1, -0.05) is 41.9 Å². The van der Waals surface area contributed by atoms with Crippen LogP contribution in [0.5, 0.6) is 5.75 Å². The lowest BCUT2D eigenvalue weighted by molar-refractivity contribution is -0.158. The van der Waals surface area contributed by atoms with Gasteiger partial charge in [0.05, 0.1) is 11.3 Å². The first-order valence-electron chi connectivity index (χ1n) is 13.5. The van der Waals surface area contributed by atoms with Crippen molar-refractivity contribution in [2.24, 2.45) is 0 Å². The summed E-state index contributed by atoms with van der Waals surface area (Å²) in [5.74, 6) is 0.803. The number of ether oxygens (including phenoxy) is 3. The molecule has 39 heavy (non-hydrogen) atoms. The molecule has 2 atom stereocenters. The molecule has 2 aromatic carbocycles. The summed E-state index contributed by atoms with van der Waals surface area (Å²) in [6.07, 6.45) is 5.63. The van der Waals surface area contributed by atoms with Gasteiger partial charge in [0.1, 0.15) is 24.1 Å². The molecule has 1 aromatic heterocycles. The van der Waals surface area contributed by atoms with E-state index in [9.17, 15) is 5.11 Å². The van der Waals surface area contributed by atoms with Gasteiger partial charge in [0.25, 0.3) is 0 Å². The molecule has 5 rings (SSSR count). The Labute approximate surface area is 236 Å². The van der Waals surface area contributed by atoms with Crippen molar-refractivity contribution in [1.82, 2.24) is 9.88 Å². The zero-order valence-corrected chi connectivity index (χ0v) is 23.9. The first-order chi connectivity index (χ1) is 18.7. The number of likely N-dealkylation sites (tertiary alicyclic amines) is 1. The quantitative estimate of drug-likeness (QED) is 0.394. The first-order valence-corrected chi connectivity index (χ1v) is 13.8. The Morgan fingerprint density at radius 2 is 1.95 bits per heavy atom. The lowest BCUT2D eigenvalue weighted by atomic mass is 9.81. The standard InChI is InChI=1S/C32H37ClN2O4/c1-31(2,36)23-11-14-29-27(19-23)25(26-7-5-16-34-28(26)21-39-29)8-6-17-35-18-15-32(38-4,30(20-35)37-3)22-9-12-24(33)13-10-22/h5,7-14,16,19,30,36H,6,15,17-18,20-21H2,1-4H3/b25-8+. The van der Waals surface area contributed by atoms with E-state index in [1.807, 2.05) is 48.5 Å². The Balaban J connectivity index is 1.39. The molecule has 2 aliphatic rings. The third-order valence-corrected chi connectivity index (χ3v) is 8.29. The molecule has 0 amide bonds. The van der Waals surface area contributed by atoms with Crippen molar-refractivity contribution in [2.75, 3.05) is 33.9 Å². The molecule has 2 unspecified atom stereocenters. The van der Waals surface area contributed by atoms with Crippen LogP contribution in [0.15, 0.2) is 66.9 Å². The number of methoxy groups -OCH3 is 2. The molecular weight excluding hydrogens is 512 g/mol. The molecule has 206 valence electrons. The van der Waals surface area contributed by atoms with Crippen LogP contribution in [0.2, 0.25) is 5.02 Å². The summed E-state index contributed by atoms with van der Waals surface area (Å²) < 4.78 is 18.3. The molecule has 6 nitrogen and oxygen atoms in total. The fourth-order valence-electron chi connectivity index (χ4n) is 5.79. The Morgan fingerprint density at radius 1 is 1.15 bits per heavy atom. The van der Waals surface area contributed by atoms with Crippen LogP contribution in [0.25, 0.3) is 5.57 Å². The highest BCUT2D eigenvalue weighted by Gasteiger charge is 2.45. The van der Waals surface area contributed by atoms with Gasteiger partial charge in [-0.3, -0.25) is 4.98 Å². The van der Waals surface area contributed by atoms with Crippen molar-refractivity contribution in [1.29, 1.82) is 0 Å². The topological polar surface area (TPSA) is 64.1 Å². The summed E-state index contributed by atoms with van der Waals surface area (Å²) >= 11 is 6.15. The summed E-state index contributed by atoms with van der Waals surface area (Å²) in [6.45, 7) is 6.54. The van der Waals surface area contributed by atoms with Crippen LogP contribution in [0.4, 0.5) is 0 Å². The summed E-state index contributed by atoms with van der Waals surface area (Å²) in [7, 11) is 3.52. The third-order valence-electron chi connectivity index (χ3n) is 8.04. The van der Waals surface area contributed by atoms with E-state index >= 15 is 0 Å². The van der Waals surface area contributed by atoms with Gasteiger partial charge in [0, 0.05) is 56.2 Å². The number of pyridine rings is 1. The van der Waals surface area contributed by atoms with E-state index in [4.69, 9.17) is 25.8 Å². The fourth-order valence-corrected chi connectivity index (χ4v) is 5.91. The van der Waals surface area contributed by atoms with Crippen LogP contribution < -0.4 is 4.74 Å². The van der Waals surface area contributed by atoms with Crippen LogP contribution in [-0.2, 0) is 27.3 Å². The Bertz CT molecular complexity index is 1330. The minimum Gasteiger partial charge on any atom is -0.487 e. The Kier molecular flexibility index (Phi) is 8.13. The van der Waals surface area contributed by atoms with Crippen molar-refractivity contribution in [2.45, 2.75) is 50.6 Å². The number of fused-ring (bicyclic) bond motifs is 2. The van der Waals surface area contributed by atoms with Gasteiger partial charge in [-0.15, -0.1) is 0 Å². The van der Waals surface area contributed by atoms with E-state index < -0.39 is 11.2 Å². The average molecular weight is 549 g/mol. The van der Waals surface area contributed by atoms with Crippen molar-refractivity contribution in [3.8, 4) is 5.75 Å². The summed E-state index contributed by atoms with van der Waals surface area (Å²) in [5.41, 5.74) is 4.52. The van der Waals surface area contributed by atoms with Crippen LogP contribution in [0.3, 0.4) is 0 Å². The van der Waals surface area contributed by atoms with Gasteiger partial charge >= 0.3 is 0 Å². The Morgan fingerprint density at radius 3 is 2.67 bits per heavy atom. The van der Waals surface area contributed by atoms with E-state index in [0.717, 1.165) is 71.7 Å². The monoisotopic (exact) mass is 548 g/mol. The molecule has 0 bridgehead atoms. The number of rotatable bonds is 7. The second-order valence-electron chi connectivity index (χ2n) is 10.8. The lowest BCUT2D eigenvalue weighted by Gasteiger charge is -2.46. The van der Waals surface area contributed by atoms with Crippen molar-refractivity contribution >= 4 is 17.2 Å². The normalized spacial score (nSPS) is 22.6. The number of benzene rings is 2. The second-order valence-corrected chi connectivity index (χ2v) is 11.3. The molecule has 0 saturated carbocycles. The van der Waals surface area contributed by atoms with Crippen LogP contribution >= 0.6 is 11.6 Å². The number of halogens is 1. The number of piperidine rings is 1. The molecule has 2 aliphatic heterocycles. The zero-order chi connectivity index (χ0) is 27.6. The van der Waals surface area contributed by atoms with E-state index in [1.165, 1.54) is 0 Å². The molecule has 0 radical (unpaired) electrons. The third kappa shape index (κ3) is 5.63. The summed E-state index contributed by atoms with van der Waals surface area (Å²) in [4.78, 5) is 7.03. The number of hydrogen-bond donors (Lipinski definition) is 1. The highest BCUT2D eigenvalue weighted by Crippen LogP contribution is 2.40. The minimum absolute atomic E-state index is 0.114. The number of hydrogen-bond acceptors (Lipinski definition) is 6. The molecule has 1 fully saturated rings. The number of nitrogens with zero attached hydrogens (tertiary/aromatic N) is 2. The molecule has 3 aromatic rings. The molecule has 1 saturated heterocycles. The second kappa shape index (κ2) is 11.4. The SMILES string of the molecule is COC1CN(CC/C=C2/c3cc(C(C)(C)O)ccc3OCc3ncccc32)CCC1(OC)c1ccc(Cl)cc1. The number of aliphatic hydroxyl groups is 1. The zero-order valence-electron chi connectivity index (χ0n) is 23.1. The minimum atomic E-state index is -0.953. The molecule has 0 spiro atoms. The highest BCUT2D eigenvalue weighted by molar-refractivity contribution is 6.30. The van der Waals surface area contributed by atoms with Gasteiger partial charge in [-0.2, -0.15) is 0 Å². The predicted octanol–water partition coefficient (Wildman–Crippen LogP) is 5.94. The van der Waals surface area contributed by atoms with Crippen LogP contribution in [-0.4, -0.2) is 54.9 Å². The van der Waals surface area contributed by atoms with Gasteiger partial charge in [-0.25, -0.2) is 0 Å². The lowest BCUT2D eigenvalue weighted by Crippen LogP contribution is -2.55.